The van der Waals surface area contributed by atoms with Gasteiger partial charge in [-0.15, -0.1) is 0 Å². The molecular formula is C14H27NO. The Bertz CT molecular complexity index is 221. The molecule has 2 unspecified atom stereocenters. The topological polar surface area (TPSA) is 12.5 Å². The molecule has 2 fully saturated rings. The zero-order chi connectivity index (χ0) is 11.6. The van der Waals surface area contributed by atoms with Gasteiger partial charge in [-0.25, -0.2) is 0 Å². The summed E-state index contributed by atoms with van der Waals surface area (Å²) in [5.41, 5.74) is 0.246. The number of piperidine rings is 1. The van der Waals surface area contributed by atoms with Gasteiger partial charge in [0, 0.05) is 13.1 Å². The van der Waals surface area contributed by atoms with E-state index in [2.05, 4.69) is 25.8 Å². The number of hydrogen-bond donors (Lipinski definition) is 0. The summed E-state index contributed by atoms with van der Waals surface area (Å²) in [5, 5.41) is 0. The molecule has 0 bridgehead atoms. The van der Waals surface area contributed by atoms with E-state index in [0.29, 0.717) is 0 Å². The molecule has 2 aliphatic heterocycles. The Morgan fingerprint density at radius 1 is 1.31 bits per heavy atom. The van der Waals surface area contributed by atoms with Crippen LogP contribution in [-0.4, -0.2) is 37.2 Å². The second kappa shape index (κ2) is 5.05. The zero-order valence-corrected chi connectivity index (χ0v) is 11.2. The van der Waals surface area contributed by atoms with Crippen LogP contribution in [0.2, 0.25) is 0 Å². The summed E-state index contributed by atoms with van der Waals surface area (Å²) in [6.45, 7) is 8.16. The van der Waals surface area contributed by atoms with Crippen LogP contribution >= 0.6 is 0 Å². The molecule has 0 N–H and O–H groups in total. The maximum absolute atomic E-state index is 6.26. The first-order valence-electron chi connectivity index (χ1n) is 6.98. The van der Waals surface area contributed by atoms with Crippen molar-refractivity contribution >= 4 is 0 Å². The maximum atomic E-state index is 6.26. The number of ether oxygens (including phenoxy) is 1. The van der Waals surface area contributed by atoms with E-state index in [-0.39, 0.29) is 5.60 Å². The highest BCUT2D eigenvalue weighted by molar-refractivity contribution is 4.92. The Balaban J connectivity index is 1.90. The molecule has 0 amide bonds. The van der Waals surface area contributed by atoms with E-state index in [0.717, 1.165) is 18.4 Å². The van der Waals surface area contributed by atoms with Crippen LogP contribution in [0.15, 0.2) is 0 Å². The molecule has 0 aliphatic carbocycles. The minimum Gasteiger partial charge on any atom is -0.375 e. The van der Waals surface area contributed by atoms with Crippen LogP contribution in [0.4, 0.5) is 0 Å². The normalized spacial score (nSPS) is 35.4. The highest BCUT2D eigenvalue weighted by atomic mass is 16.5. The Morgan fingerprint density at radius 2 is 2.00 bits per heavy atom. The second-order valence-electron chi connectivity index (χ2n) is 6.03. The second-order valence-corrected chi connectivity index (χ2v) is 6.03. The third-order valence-electron chi connectivity index (χ3n) is 4.66. The van der Waals surface area contributed by atoms with Gasteiger partial charge in [-0.2, -0.15) is 0 Å². The summed E-state index contributed by atoms with van der Waals surface area (Å²) < 4.78 is 6.26. The molecule has 0 aromatic rings. The Labute approximate surface area is 100 Å². The molecular weight excluding hydrogens is 198 g/mol. The standard InChI is InChI=1S/C14H27NO/c1-4-5-13-11-16-14(10-12(13)2)6-8-15(3)9-7-14/h12-13H,4-11H2,1-3H3. The molecule has 2 atom stereocenters. The van der Waals surface area contributed by atoms with Gasteiger partial charge in [-0.05, 0) is 44.6 Å². The molecule has 0 radical (unpaired) electrons. The van der Waals surface area contributed by atoms with Crippen molar-refractivity contribution in [1.82, 2.24) is 4.90 Å². The first-order chi connectivity index (χ1) is 7.65. The van der Waals surface area contributed by atoms with E-state index >= 15 is 0 Å². The van der Waals surface area contributed by atoms with Crippen LogP contribution in [0, 0.1) is 11.8 Å². The Hall–Kier alpha value is -0.0800. The van der Waals surface area contributed by atoms with Crippen LogP contribution in [0.5, 0.6) is 0 Å². The average Bonchev–Trinajstić information content (AvgIpc) is 2.27. The summed E-state index contributed by atoms with van der Waals surface area (Å²) >= 11 is 0. The lowest BCUT2D eigenvalue weighted by Gasteiger charge is -2.47. The molecule has 2 nitrogen and oxygen atoms in total. The van der Waals surface area contributed by atoms with Gasteiger partial charge >= 0.3 is 0 Å². The molecule has 0 aromatic carbocycles. The summed E-state index contributed by atoms with van der Waals surface area (Å²) in [6, 6.07) is 0. The molecule has 94 valence electrons. The van der Waals surface area contributed by atoms with Gasteiger partial charge in [0.05, 0.1) is 12.2 Å². The van der Waals surface area contributed by atoms with Gasteiger partial charge in [0.1, 0.15) is 0 Å². The molecule has 0 aromatic heterocycles. The smallest absolute Gasteiger partial charge is 0.0709 e. The lowest BCUT2D eigenvalue weighted by molar-refractivity contribution is -0.146. The largest absolute Gasteiger partial charge is 0.375 e. The van der Waals surface area contributed by atoms with Crippen molar-refractivity contribution in [3.05, 3.63) is 0 Å². The van der Waals surface area contributed by atoms with Crippen LogP contribution in [0.25, 0.3) is 0 Å². The van der Waals surface area contributed by atoms with E-state index in [1.807, 2.05) is 0 Å². The van der Waals surface area contributed by atoms with E-state index < -0.39 is 0 Å². The van der Waals surface area contributed by atoms with Gasteiger partial charge in [0.15, 0.2) is 0 Å². The van der Waals surface area contributed by atoms with Crippen LogP contribution in [-0.2, 0) is 4.74 Å². The van der Waals surface area contributed by atoms with Crippen molar-refractivity contribution in [3.8, 4) is 0 Å². The summed E-state index contributed by atoms with van der Waals surface area (Å²) in [4.78, 5) is 2.43. The quantitative estimate of drug-likeness (QED) is 0.716. The van der Waals surface area contributed by atoms with Gasteiger partial charge in [-0.3, -0.25) is 0 Å². The third-order valence-corrected chi connectivity index (χ3v) is 4.66. The lowest BCUT2D eigenvalue weighted by atomic mass is 9.75. The summed E-state index contributed by atoms with van der Waals surface area (Å²) in [7, 11) is 2.22. The number of hydrogen-bond acceptors (Lipinski definition) is 2. The van der Waals surface area contributed by atoms with Crippen LogP contribution in [0.3, 0.4) is 0 Å². The molecule has 2 heteroatoms. The minimum absolute atomic E-state index is 0.246. The molecule has 2 rings (SSSR count). The number of likely N-dealkylation sites (tertiary alicyclic amines) is 1. The van der Waals surface area contributed by atoms with Crippen molar-refractivity contribution in [2.24, 2.45) is 11.8 Å². The van der Waals surface area contributed by atoms with E-state index in [9.17, 15) is 0 Å². The molecule has 2 aliphatic rings. The Morgan fingerprint density at radius 3 is 2.56 bits per heavy atom. The van der Waals surface area contributed by atoms with Crippen molar-refractivity contribution in [2.45, 2.75) is 51.6 Å². The van der Waals surface area contributed by atoms with Crippen molar-refractivity contribution in [2.75, 3.05) is 26.7 Å². The molecule has 2 heterocycles. The SMILES string of the molecule is CCCC1COC2(CCN(C)CC2)CC1C. The Kier molecular flexibility index (Phi) is 3.91. The highest BCUT2D eigenvalue weighted by Gasteiger charge is 2.41. The fraction of sp³-hybridized carbons (Fsp3) is 1.00. The molecule has 0 saturated carbocycles. The van der Waals surface area contributed by atoms with Gasteiger partial charge in [-0.1, -0.05) is 20.3 Å². The molecule has 2 saturated heterocycles. The summed E-state index contributed by atoms with van der Waals surface area (Å²) in [5.74, 6) is 1.67. The number of nitrogens with zero attached hydrogens (tertiary/aromatic N) is 1. The monoisotopic (exact) mass is 225 g/mol. The van der Waals surface area contributed by atoms with E-state index in [1.54, 1.807) is 0 Å². The van der Waals surface area contributed by atoms with E-state index in [4.69, 9.17) is 4.74 Å². The number of rotatable bonds is 2. The van der Waals surface area contributed by atoms with Crippen molar-refractivity contribution in [1.29, 1.82) is 0 Å². The van der Waals surface area contributed by atoms with Gasteiger partial charge < -0.3 is 9.64 Å². The van der Waals surface area contributed by atoms with Crippen LogP contribution in [0.1, 0.15) is 46.0 Å². The average molecular weight is 225 g/mol. The highest BCUT2D eigenvalue weighted by Crippen LogP contribution is 2.40. The third kappa shape index (κ3) is 2.60. The first-order valence-corrected chi connectivity index (χ1v) is 6.98. The lowest BCUT2D eigenvalue weighted by Crippen LogP contribution is -2.50. The van der Waals surface area contributed by atoms with E-state index in [1.165, 1.54) is 45.2 Å². The summed E-state index contributed by atoms with van der Waals surface area (Å²) in [6.07, 6.45) is 6.43. The van der Waals surface area contributed by atoms with Crippen molar-refractivity contribution in [3.63, 3.8) is 0 Å². The fourth-order valence-corrected chi connectivity index (χ4v) is 3.37. The first kappa shape index (κ1) is 12.4. The predicted octanol–water partition coefficient (Wildman–Crippen LogP) is 2.92. The molecule has 16 heavy (non-hydrogen) atoms. The zero-order valence-electron chi connectivity index (χ0n) is 11.2. The van der Waals surface area contributed by atoms with Gasteiger partial charge in [0.2, 0.25) is 0 Å². The molecule has 1 spiro atoms. The maximum Gasteiger partial charge on any atom is 0.0709 e. The predicted molar refractivity (Wildman–Crippen MR) is 67.6 cm³/mol. The fourth-order valence-electron chi connectivity index (χ4n) is 3.37. The minimum atomic E-state index is 0.246. The van der Waals surface area contributed by atoms with Gasteiger partial charge in [0.25, 0.3) is 0 Å². The van der Waals surface area contributed by atoms with Crippen LogP contribution < -0.4 is 0 Å². The van der Waals surface area contributed by atoms with Crippen molar-refractivity contribution < 1.29 is 4.74 Å².